The van der Waals surface area contributed by atoms with E-state index < -0.39 is 18.0 Å². The smallest absolute Gasteiger partial charge is 0.164 e. The first-order valence-corrected chi connectivity index (χ1v) is 5.42. The molecule has 1 fully saturated rings. The lowest BCUT2D eigenvalue weighted by molar-refractivity contribution is -0.150. The standard InChI is InChI=1S/C13H14O4/c1-13(2)16-11(8-15)12(17-13)10-6-4-3-5-9(10)7-14/h3-8,11-12H,1-2H3/t11-,12+/m0/s1. The van der Waals surface area contributed by atoms with Gasteiger partial charge < -0.3 is 14.3 Å². The molecular weight excluding hydrogens is 220 g/mol. The highest BCUT2D eigenvalue weighted by atomic mass is 16.8. The molecule has 0 N–H and O–H groups in total. The fourth-order valence-electron chi connectivity index (χ4n) is 2.01. The maximum Gasteiger partial charge on any atom is 0.164 e. The van der Waals surface area contributed by atoms with E-state index in [0.717, 1.165) is 6.29 Å². The van der Waals surface area contributed by atoms with Gasteiger partial charge in [-0.2, -0.15) is 0 Å². The molecule has 1 saturated heterocycles. The zero-order valence-corrected chi connectivity index (χ0v) is 9.75. The van der Waals surface area contributed by atoms with Gasteiger partial charge in [0.05, 0.1) is 0 Å². The van der Waals surface area contributed by atoms with Crippen molar-refractivity contribution in [2.24, 2.45) is 0 Å². The van der Waals surface area contributed by atoms with E-state index in [1.165, 1.54) is 0 Å². The molecular formula is C13H14O4. The van der Waals surface area contributed by atoms with Crippen LogP contribution in [0.3, 0.4) is 0 Å². The summed E-state index contributed by atoms with van der Waals surface area (Å²) >= 11 is 0. The van der Waals surface area contributed by atoms with Crippen molar-refractivity contribution in [3.8, 4) is 0 Å². The van der Waals surface area contributed by atoms with Crippen molar-refractivity contribution in [3.05, 3.63) is 35.4 Å². The Kier molecular flexibility index (Phi) is 3.09. The van der Waals surface area contributed by atoms with Crippen molar-refractivity contribution < 1.29 is 19.1 Å². The van der Waals surface area contributed by atoms with Gasteiger partial charge in [0.1, 0.15) is 18.5 Å². The highest BCUT2D eigenvalue weighted by molar-refractivity contribution is 5.78. The molecule has 0 aliphatic carbocycles. The Labute approximate surface area is 99.5 Å². The molecule has 0 amide bonds. The van der Waals surface area contributed by atoms with Crippen molar-refractivity contribution in [1.29, 1.82) is 0 Å². The van der Waals surface area contributed by atoms with Crippen LogP contribution in [0.25, 0.3) is 0 Å². The minimum absolute atomic E-state index is 0.519. The van der Waals surface area contributed by atoms with E-state index in [4.69, 9.17) is 9.47 Å². The third-order valence-electron chi connectivity index (χ3n) is 2.69. The molecule has 1 aromatic rings. The van der Waals surface area contributed by atoms with Crippen LogP contribution >= 0.6 is 0 Å². The second-order valence-electron chi connectivity index (χ2n) is 4.40. The molecule has 1 aliphatic heterocycles. The quantitative estimate of drug-likeness (QED) is 0.749. The molecule has 4 heteroatoms. The van der Waals surface area contributed by atoms with Gasteiger partial charge in [-0.15, -0.1) is 0 Å². The van der Waals surface area contributed by atoms with Crippen LogP contribution in [-0.2, 0) is 14.3 Å². The Morgan fingerprint density at radius 2 is 1.88 bits per heavy atom. The van der Waals surface area contributed by atoms with Gasteiger partial charge in [0.15, 0.2) is 12.1 Å². The normalized spacial score (nSPS) is 26.7. The number of ether oxygens (including phenoxy) is 2. The molecule has 1 aliphatic rings. The fraction of sp³-hybridized carbons (Fsp3) is 0.385. The summed E-state index contributed by atoms with van der Waals surface area (Å²) in [6, 6.07) is 7.04. The average Bonchev–Trinajstić information content (AvgIpc) is 2.64. The Morgan fingerprint density at radius 1 is 1.18 bits per heavy atom. The molecule has 4 nitrogen and oxygen atoms in total. The summed E-state index contributed by atoms with van der Waals surface area (Å²) in [5.41, 5.74) is 1.20. The Morgan fingerprint density at radius 3 is 2.53 bits per heavy atom. The van der Waals surface area contributed by atoms with Crippen LogP contribution in [0.1, 0.15) is 35.9 Å². The lowest BCUT2D eigenvalue weighted by Gasteiger charge is -2.17. The third kappa shape index (κ3) is 2.28. The maximum atomic E-state index is 11.0. The molecule has 90 valence electrons. The van der Waals surface area contributed by atoms with E-state index in [1.54, 1.807) is 38.1 Å². The van der Waals surface area contributed by atoms with E-state index >= 15 is 0 Å². The number of benzene rings is 1. The zero-order valence-electron chi connectivity index (χ0n) is 9.75. The topological polar surface area (TPSA) is 52.6 Å². The van der Waals surface area contributed by atoms with E-state index in [-0.39, 0.29) is 0 Å². The summed E-state index contributed by atoms with van der Waals surface area (Å²) in [5, 5.41) is 0. The summed E-state index contributed by atoms with van der Waals surface area (Å²) in [5.74, 6) is -0.813. The van der Waals surface area contributed by atoms with Crippen LogP contribution in [0, 0.1) is 0 Å². The number of aldehydes is 2. The maximum absolute atomic E-state index is 11.0. The minimum atomic E-state index is -0.813. The van der Waals surface area contributed by atoms with Crippen molar-refractivity contribution in [2.75, 3.05) is 0 Å². The summed E-state index contributed by atoms with van der Waals surface area (Å²) in [7, 11) is 0. The van der Waals surface area contributed by atoms with Crippen LogP contribution < -0.4 is 0 Å². The van der Waals surface area contributed by atoms with Gasteiger partial charge >= 0.3 is 0 Å². The summed E-state index contributed by atoms with van der Waals surface area (Å²) in [6.07, 6.45) is 0.266. The lowest BCUT2D eigenvalue weighted by Crippen LogP contribution is -2.21. The molecule has 1 aromatic carbocycles. The van der Waals surface area contributed by atoms with Crippen LogP contribution in [0.15, 0.2) is 24.3 Å². The largest absolute Gasteiger partial charge is 0.339 e. The molecule has 1 heterocycles. The summed E-state index contributed by atoms with van der Waals surface area (Å²) < 4.78 is 11.1. The number of rotatable bonds is 3. The second kappa shape index (κ2) is 4.39. The molecule has 0 bridgehead atoms. The van der Waals surface area contributed by atoms with Crippen LogP contribution in [0.5, 0.6) is 0 Å². The van der Waals surface area contributed by atoms with Gasteiger partial charge in [0.2, 0.25) is 0 Å². The molecule has 0 aromatic heterocycles. The van der Waals surface area contributed by atoms with Gasteiger partial charge in [-0.25, -0.2) is 0 Å². The summed E-state index contributed by atoms with van der Waals surface area (Å²) in [4.78, 5) is 21.9. The first-order chi connectivity index (χ1) is 8.07. The van der Waals surface area contributed by atoms with Crippen molar-refractivity contribution >= 4 is 12.6 Å². The third-order valence-corrected chi connectivity index (χ3v) is 2.69. The molecule has 17 heavy (non-hydrogen) atoms. The van der Waals surface area contributed by atoms with Gasteiger partial charge in [-0.3, -0.25) is 4.79 Å². The second-order valence-corrected chi connectivity index (χ2v) is 4.40. The molecule has 0 radical (unpaired) electrons. The Balaban J connectivity index is 2.39. The van der Waals surface area contributed by atoms with Crippen molar-refractivity contribution in [2.45, 2.75) is 31.8 Å². The monoisotopic (exact) mass is 234 g/mol. The molecule has 0 saturated carbocycles. The van der Waals surface area contributed by atoms with E-state index in [2.05, 4.69) is 0 Å². The summed E-state index contributed by atoms with van der Waals surface area (Å²) in [6.45, 7) is 3.49. The van der Waals surface area contributed by atoms with E-state index in [0.29, 0.717) is 17.4 Å². The fourth-order valence-corrected chi connectivity index (χ4v) is 2.01. The predicted molar refractivity (Wildman–Crippen MR) is 60.7 cm³/mol. The molecule has 0 unspecified atom stereocenters. The van der Waals surface area contributed by atoms with Gasteiger partial charge in [-0.05, 0) is 19.4 Å². The highest BCUT2D eigenvalue weighted by Gasteiger charge is 2.42. The molecule has 2 atom stereocenters. The SMILES string of the molecule is CC1(C)O[C@@H](C=O)[C@@H](c2ccccc2C=O)O1. The zero-order chi connectivity index (χ0) is 12.5. The number of hydrogen-bond donors (Lipinski definition) is 0. The average molecular weight is 234 g/mol. The Hall–Kier alpha value is -1.52. The Bertz CT molecular complexity index is 439. The lowest BCUT2D eigenvalue weighted by atomic mass is 10.00. The van der Waals surface area contributed by atoms with Crippen LogP contribution in [0.2, 0.25) is 0 Å². The van der Waals surface area contributed by atoms with Gasteiger partial charge in [0, 0.05) is 5.56 Å². The highest BCUT2D eigenvalue weighted by Crippen LogP contribution is 2.38. The van der Waals surface area contributed by atoms with Crippen LogP contribution in [-0.4, -0.2) is 24.5 Å². The van der Waals surface area contributed by atoms with Crippen LogP contribution in [0.4, 0.5) is 0 Å². The van der Waals surface area contributed by atoms with Gasteiger partial charge in [-0.1, -0.05) is 24.3 Å². The first kappa shape index (κ1) is 12.0. The number of carbonyl (C=O) groups is 2. The minimum Gasteiger partial charge on any atom is -0.339 e. The first-order valence-electron chi connectivity index (χ1n) is 5.42. The van der Waals surface area contributed by atoms with Gasteiger partial charge in [0.25, 0.3) is 0 Å². The molecule has 0 spiro atoms. The predicted octanol–water partition coefficient (Wildman–Crippen LogP) is 1.89. The number of hydrogen-bond acceptors (Lipinski definition) is 4. The van der Waals surface area contributed by atoms with Crippen molar-refractivity contribution in [3.63, 3.8) is 0 Å². The molecule has 2 rings (SSSR count). The van der Waals surface area contributed by atoms with Crippen molar-refractivity contribution in [1.82, 2.24) is 0 Å². The number of carbonyl (C=O) groups excluding carboxylic acids is 2. The van der Waals surface area contributed by atoms with E-state index in [1.807, 2.05) is 0 Å². The van der Waals surface area contributed by atoms with E-state index in [9.17, 15) is 9.59 Å².